The molecule has 3 heteroatoms. The molecule has 0 aliphatic heterocycles. The van der Waals surface area contributed by atoms with E-state index in [1.54, 1.807) is 6.08 Å². The minimum Gasteiger partial charge on any atom is -0.332 e. The molecule has 2 rings (SSSR count). The molecule has 0 radical (unpaired) electrons. The normalized spacial score (nSPS) is 12.4. The Kier molecular flexibility index (Phi) is 7.50. The lowest BCUT2D eigenvalue weighted by Gasteiger charge is -2.27. The molecule has 0 atom stereocenters. The molecule has 0 bridgehead atoms. The van der Waals surface area contributed by atoms with E-state index in [1.807, 2.05) is 79.9 Å². The number of benzene rings is 2. The van der Waals surface area contributed by atoms with E-state index >= 15 is 0 Å². The largest absolute Gasteiger partial charge is 0.332 e. The van der Waals surface area contributed by atoms with Gasteiger partial charge in [-0.2, -0.15) is 0 Å². The minimum atomic E-state index is 0.242. The van der Waals surface area contributed by atoms with Crippen molar-refractivity contribution in [3.63, 3.8) is 0 Å². The van der Waals surface area contributed by atoms with Gasteiger partial charge in [-0.3, -0.25) is 5.41 Å². The summed E-state index contributed by atoms with van der Waals surface area (Å²) in [5.74, 6) is 1.28. The Balaban J connectivity index is 2.50. The molecule has 27 heavy (non-hydrogen) atoms. The van der Waals surface area contributed by atoms with Crippen molar-refractivity contribution in [3.05, 3.63) is 108 Å². The second-order valence-corrected chi connectivity index (χ2v) is 6.44. The molecule has 1 N–H and O–H groups in total. The van der Waals surface area contributed by atoms with E-state index in [4.69, 9.17) is 5.41 Å². The third-order valence-corrected chi connectivity index (χ3v) is 4.11. The minimum absolute atomic E-state index is 0.242. The summed E-state index contributed by atoms with van der Waals surface area (Å²) >= 11 is 0. The number of nitrogens with zero attached hydrogens (tertiary/aromatic N) is 2. The molecule has 0 aromatic heterocycles. The Morgan fingerprint density at radius 2 is 1.52 bits per heavy atom. The summed E-state index contributed by atoms with van der Waals surface area (Å²) in [6.07, 6.45) is 7.70. The lowest BCUT2D eigenvalue weighted by molar-refractivity contribution is 0.528. The SMILES string of the molecule is C=C/C=C\C=C(/C(C)C)N(C)C(=NC(=N)c1ccccc1)c1ccccc1. The van der Waals surface area contributed by atoms with Crippen LogP contribution in [0.3, 0.4) is 0 Å². The molecule has 3 nitrogen and oxygen atoms in total. The summed E-state index contributed by atoms with van der Waals surface area (Å²) in [5, 5.41) is 8.46. The lowest BCUT2D eigenvalue weighted by atomic mass is 10.1. The highest BCUT2D eigenvalue weighted by Gasteiger charge is 2.17. The van der Waals surface area contributed by atoms with Crippen molar-refractivity contribution in [1.82, 2.24) is 4.90 Å². The Morgan fingerprint density at radius 1 is 0.963 bits per heavy atom. The highest BCUT2D eigenvalue weighted by atomic mass is 15.2. The number of hydrogen-bond donors (Lipinski definition) is 1. The fourth-order valence-corrected chi connectivity index (χ4v) is 2.73. The zero-order valence-electron chi connectivity index (χ0n) is 16.3. The molecular weight excluding hydrogens is 330 g/mol. The van der Waals surface area contributed by atoms with Crippen LogP contribution in [-0.2, 0) is 0 Å². The van der Waals surface area contributed by atoms with Crippen molar-refractivity contribution in [2.45, 2.75) is 13.8 Å². The van der Waals surface area contributed by atoms with Crippen LogP contribution >= 0.6 is 0 Å². The van der Waals surface area contributed by atoms with Crippen LogP contribution in [0.1, 0.15) is 25.0 Å². The van der Waals surface area contributed by atoms with E-state index in [0.29, 0.717) is 5.92 Å². The van der Waals surface area contributed by atoms with Gasteiger partial charge in [-0.1, -0.05) is 99.3 Å². The van der Waals surface area contributed by atoms with Crippen LogP contribution < -0.4 is 0 Å². The van der Waals surface area contributed by atoms with Crippen LogP contribution in [0.4, 0.5) is 0 Å². The maximum atomic E-state index is 8.46. The van der Waals surface area contributed by atoms with Gasteiger partial charge in [-0.05, 0) is 12.0 Å². The zero-order chi connectivity index (χ0) is 19.6. The summed E-state index contributed by atoms with van der Waals surface area (Å²) in [4.78, 5) is 6.75. The molecule has 0 fully saturated rings. The van der Waals surface area contributed by atoms with Gasteiger partial charge in [-0.25, -0.2) is 4.99 Å². The fourth-order valence-electron chi connectivity index (χ4n) is 2.73. The smallest absolute Gasteiger partial charge is 0.154 e. The maximum Gasteiger partial charge on any atom is 0.154 e. The zero-order valence-corrected chi connectivity index (χ0v) is 16.3. The first-order valence-corrected chi connectivity index (χ1v) is 9.05. The average molecular weight is 358 g/mol. The molecule has 0 saturated heterocycles. The Hall–Kier alpha value is -3.20. The average Bonchev–Trinajstić information content (AvgIpc) is 2.70. The molecule has 0 aliphatic rings. The van der Waals surface area contributed by atoms with Gasteiger partial charge >= 0.3 is 0 Å². The van der Waals surface area contributed by atoms with Crippen LogP contribution in [0.15, 0.2) is 102 Å². The first-order chi connectivity index (χ1) is 13.0. The molecule has 0 unspecified atom stereocenters. The third kappa shape index (κ3) is 5.65. The van der Waals surface area contributed by atoms with Crippen LogP contribution in [0.2, 0.25) is 0 Å². The van der Waals surface area contributed by atoms with E-state index in [2.05, 4.69) is 36.4 Å². The topological polar surface area (TPSA) is 39.5 Å². The monoisotopic (exact) mass is 357 g/mol. The Labute approximate surface area is 162 Å². The molecule has 0 spiro atoms. The van der Waals surface area contributed by atoms with Crippen molar-refractivity contribution in [2.24, 2.45) is 10.9 Å². The van der Waals surface area contributed by atoms with Crippen LogP contribution in [-0.4, -0.2) is 23.6 Å². The number of allylic oxidation sites excluding steroid dienone is 5. The molecule has 0 heterocycles. The summed E-state index contributed by atoms with van der Waals surface area (Å²) in [6.45, 7) is 8.02. The predicted molar refractivity (Wildman–Crippen MR) is 116 cm³/mol. The Bertz CT molecular complexity index is 844. The van der Waals surface area contributed by atoms with Gasteiger partial charge in [0, 0.05) is 23.9 Å². The second kappa shape index (κ2) is 10.1. The van der Waals surface area contributed by atoms with Crippen LogP contribution in [0.5, 0.6) is 0 Å². The van der Waals surface area contributed by atoms with Crippen molar-refractivity contribution in [1.29, 1.82) is 5.41 Å². The van der Waals surface area contributed by atoms with E-state index in [0.717, 1.165) is 22.7 Å². The number of rotatable bonds is 6. The van der Waals surface area contributed by atoms with E-state index in [1.165, 1.54) is 0 Å². The molecule has 0 aliphatic carbocycles. The van der Waals surface area contributed by atoms with E-state index < -0.39 is 0 Å². The molecule has 2 aromatic rings. The van der Waals surface area contributed by atoms with Gasteiger partial charge in [-0.15, -0.1) is 0 Å². The fraction of sp³-hybridized carbons (Fsp3) is 0.167. The molecule has 138 valence electrons. The van der Waals surface area contributed by atoms with E-state index in [-0.39, 0.29) is 5.84 Å². The van der Waals surface area contributed by atoms with Gasteiger partial charge < -0.3 is 4.90 Å². The van der Waals surface area contributed by atoms with Gasteiger partial charge in [0.05, 0.1) is 0 Å². The molecule has 0 amide bonds. The van der Waals surface area contributed by atoms with Crippen molar-refractivity contribution >= 4 is 11.7 Å². The number of aliphatic imine (C=N–C) groups is 1. The van der Waals surface area contributed by atoms with E-state index in [9.17, 15) is 0 Å². The van der Waals surface area contributed by atoms with Gasteiger partial charge in [0.1, 0.15) is 5.84 Å². The quantitative estimate of drug-likeness (QED) is 0.404. The molecule has 2 aromatic carbocycles. The van der Waals surface area contributed by atoms with Crippen LogP contribution in [0.25, 0.3) is 0 Å². The van der Waals surface area contributed by atoms with Gasteiger partial charge in [0.15, 0.2) is 5.84 Å². The number of hydrogen-bond acceptors (Lipinski definition) is 1. The van der Waals surface area contributed by atoms with Crippen molar-refractivity contribution < 1.29 is 0 Å². The number of amidine groups is 2. The summed E-state index contributed by atoms with van der Waals surface area (Å²) in [7, 11) is 2.00. The molecular formula is C24H27N3. The predicted octanol–water partition coefficient (Wildman–Crippen LogP) is 5.67. The van der Waals surface area contributed by atoms with Gasteiger partial charge in [0.2, 0.25) is 0 Å². The third-order valence-electron chi connectivity index (χ3n) is 4.11. The lowest BCUT2D eigenvalue weighted by Crippen LogP contribution is -2.30. The second-order valence-electron chi connectivity index (χ2n) is 6.44. The van der Waals surface area contributed by atoms with Crippen LogP contribution in [0, 0.1) is 11.3 Å². The highest BCUT2D eigenvalue weighted by Crippen LogP contribution is 2.18. The van der Waals surface area contributed by atoms with Gasteiger partial charge in [0.25, 0.3) is 0 Å². The van der Waals surface area contributed by atoms with Crippen molar-refractivity contribution in [3.8, 4) is 0 Å². The first-order valence-electron chi connectivity index (χ1n) is 9.05. The standard InChI is InChI=1S/C24H27N3/c1-5-6-9-18-22(19(2)3)27(4)24(21-16-12-8-13-17-21)26-23(25)20-14-10-7-11-15-20/h5-19,25H,1H2,2-4H3/b9-6-,22-18+,25-23?,26-24?. The summed E-state index contributed by atoms with van der Waals surface area (Å²) < 4.78 is 0. The number of nitrogens with one attached hydrogen (secondary N) is 1. The maximum absolute atomic E-state index is 8.46. The Morgan fingerprint density at radius 3 is 2.04 bits per heavy atom. The molecule has 0 saturated carbocycles. The summed E-state index contributed by atoms with van der Waals surface area (Å²) in [5.41, 5.74) is 2.87. The first kappa shape index (κ1) is 20.1. The highest BCUT2D eigenvalue weighted by molar-refractivity contribution is 6.10. The summed E-state index contributed by atoms with van der Waals surface area (Å²) in [6, 6.07) is 19.6. The van der Waals surface area contributed by atoms with Crippen molar-refractivity contribution in [2.75, 3.05) is 7.05 Å².